The van der Waals surface area contributed by atoms with Crippen LogP contribution in [0.25, 0.3) is 11.1 Å². The number of hydrogen-bond acceptors (Lipinski definition) is 6. The molecule has 10 nitrogen and oxygen atoms in total. The summed E-state index contributed by atoms with van der Waals surface area (Å²) >= 11 is 0. The molecular weight excluding hydrogens is 582 g/mol. The number of nitrogens with one attached hydrogen (secondary N) is 1. The molecule has 0 unspecified atom stereocenters. The molecule has 4 aromatic carbocycles. The number of carbonyl (C=O) groups is 3. The Morgan fingerprint density at radius 3 is 1.93 bits per heavy atom. The zero-order valence-corrected chi connectivity index (χ0v) is 24.6. The van der Waals surface area contributed by atoms with Crippen LogP contribution in [-0.2, 0) is 21.2 Å². The Morgan fingerprint density at radius 2 is 1.34 bits per heavy atom. The molecular formula is C33H33N3O7S. The van der Waals surface area contributed by atoms with E-state index in [0.717, 1.165) is 11.1 Å². The smallest absolute Gasteiger partial charge is 0.305 e. The molecule has 11 heteroatoms. The summed E-state index contributed by atoms with van der Waals surface area (Å²) in [4.78, 5) is 40.3. The summed E-state index contributed by atoms with van der Waals surface area (Å²) in [6, 6.07) is 28.0. The SMILES string of the molecule is NS(=O)(=O)c1ccc(CCN(CCC(=O)O)C(=O)c2ccccc2-c2ccccc2C(=O)N[C@@H](CO)c2ccccc2)cc1. The maximum absolute atomic E-state index is 14.0. The third-order valence-electron chi connectivity index (χ3n) is 7.11. The minimum atomic E-state index is -3.85. The molecule has 0 aromatic heterocycles. The van der Waals surface area contributed by atoms with E-state index in [1.54, 1.807) is 72.8 Å². The molecule has 0 aliphatic rings. The predicted molar refractivity (Wildman–Crippen MR) is 165 cm³/mol. The van der Waals surface area contributed by atoms with E-state index in [2.05, 4.69) is 5.32 Å². The van der Waals surface area contributed by atoms with Gasteiger partial charge in [0.25, 0.3) is 11.8 Å². The lowest BCUT2D eigenvalue weighted by molar-refractivity contribution is -0.137. The third kappa shape index (κ3) is 8.16. The highest BCUT2D eigenvalue weighted by atomic mass is 32.2. The molecule has 0 fully saturated rings. The number of aliphatic hydroxyl groups excluding tert-OH is 1. The van der Waals surface area contributed by atoms with E-state index in [0.29, 0.717) is 23.1 Å². The number of aliphatic hydroxyl groups is 1. The van der Waals surface area contributed by atoms with Crippen LogP contribution in [0.3, 0.4) is 0 Å². The molecule has 0 spiro atoms. The van der Waals surface area contributed by atoms with Crippen molar-refractivity contribution in [3.05, 3.63) is 125 Å². The zero-order chi connectivity index (χ0) is 31.7. The summed E-state index contributed by atoms with van der Waals surface area (Å²) in [6.45, 7) is -0.210. The van der Waals surface area contributed by atoms with E-state index in [-0.39, 0.29) is 36.6 Å². The Hall–Kier alpha value is -4.84. The van der Waals surface area contributed by atoms with E-state index < -0.39 is 33.8 Å². The lowest BCUT2D eigenvalue weighted by Gasteiger charge is -2.24. The van der Waals surface area contributed by atoms with Crippen molar-refractivity contribution in [1.82, 2.24) is 10.2 Å². The predicted octanol–water partition coefficient (Wildman–Crippen LogP) is 3.62. The maximum atomic E-state index is 14.0. The second-order valence-corrected chi connectivity index (χ2v) is 11.6. The van der Waals surface area contributed by atoms with Gasteiger partial charge in [0.1, 0.15) is 0 Å². The van der Waals surface area contributed by atoms with E-state index in [4.69, 9.17) is 5.14 Å². The fourth-order valence-corrected chi connectivity index (χ4v) is 5.32. The average Bonchev–Trinajstić information content (AvgIpc) is 3.03. The first-order chi connectivity index (χ1) is 21.1. The number of carboxylic acid groups (broad SMARTS) is 1. The van der Waals surface area contributed by atoms with Crippen LogP contribution in [0.15, 0.2) is 108 Å². The zero-order valence-electron chi connectivity index (χ0n) is 23.8. The van der Waals surface area contributed by atoms with Gasteiger partial charge in [0, 0.05) is 24.2 Å². The highest BCUT2D eigenvalue weighted by Crippen LogP contribution is 2.29. The number of nitrogens with two attached hydrogens (primary N) is 1. The van der Waals surface area contributed by atoms with Crippen molar-refractivity contribution in [3.63, 3.8) is 0 Å². The molecule has 5 N–H and O–H groups in total. The molecule has 0 bridgehead atoms. The summed E-state index contributed by atoms with van der Waals surface area (Å²) in [5, 5.41) is 27.4. The van der Waals surface area contributed by atoms with E-state index in [9.17, 15) is 33.0 Å². The second-order valence-electron chi connectivity index (χ2n) is 10.1. The van der Waals surface area contributed by atoms with Crippen molar-refractivity contribution in [2.24, 2.45) is 5.14 Å². The maximum Gasteiger partial charge on any atom is 0.305 e. The minimum Gasteiger partial charge on any atom is -0.481 e. The summed E-state index contributed by atoms with van der Waals surface area (Å²) in [7, 11) is -3.85. The van der Waals surface area contributed by atoms with E-state index in [1.165, 1.54) is 17.0 Å². The topological polar surface area (TPSA) is 167 Å². The van der Waals surface area contributed by atoms with Crippen molar-refractivity contribution in [2.45, 2.75) is 23.8 Å². The van der Waals surface area contributed by atoms with Gasteiger partial charge in [-0.3, -0.25) is 14.4 Å². The molecule has 228 valence electrons. The molecule has 0 radical (unpaired) electrons. The number of sulfonamides is 1. The standard InChI is InChI=1S/C33H33N3O7S/c34-44(42,43)25-16-14-23(15-17-25)18-20-36(21-19-31(38)39)33(41)29-13-7-5-11-27(29)26-10-4-6-12-28(26)32(40)35-30(22-37)24-8-2-1-3-9-24/h1-17,30,37H,18-22H2,(H,35,40)(H,38,39)(H2,34,42,43)/t30-/m0/s1. The molecule has 1 atom stereocenters. The van der Waals surface area contributed by atoms with Gasteiger partial charge in [0.05, 0.1) is 24.0 Å². The van der Waals surface area contributed by atoms with Crippen molar-refractivity contribution in [2.75, 3.05) is 19.7 Å². The van der Waals surface area contributed by atoms with Crippen LogP contribution in [0.2, 0.25) is 0 Å². The average molecular weight is 616 g/mol. The fourth-order valence-electron chi connectivity index (χ4n) is 4.80. The highest BCUT2D eigenvalue weighted by molar-refractivity contribution is 7.89. The van der Waals surface area contributed by atoms with Crippen LogP contribution >= 0.6 is 0 Å². The molecule has 44 heavy (non-hydrogen) atoms. The van der Waals surface area contributed by atoms with Crippen molar-refractivity contribution >= 4 is 27.8 Å². The normalized spacial score (nSPS) is 11.9. The first kappa shape index (κ1) is 32.1. The molecule has 4 rings (SSSR count). The monoisotopic (exact) mass is 615 g/mol. The van der Waals surface area contributed by atoms with Gasteiger partial charge in [-0.15, -0.1) is 0 Å². The number of hydrogen-bond donors (Lipinski definition) is 4. The van der Waals surface area contributed by atoms with E-state index in [1.807, 2.05) is 18.2 Å². The lowest BCUT2D eigenvalue weighted by Crippen LogP contribution is -2.35. The van der Waals surface area contributed by atoms with Crippen molar-refractivity contribution < 1.29 is 33.0 Å². The summed E-state index contributed by atoms with van der Waals surface area (Å²) in [5.74, 6) is -1.92. The molecule has 4 aromatic rings. The Bertz CT molecular complexity index is 1730. The quantitative estimate of drug-likeness (QED) is 0.178. The van der Waals surface area contributed by atoms with E-state index >= 15 is 0 Å². The van der Waals surface area contributed by atoms with Crippen LogP contribution in [0.4, 0.5) is 0 Å². The highest BCUT2D eigenvalue weighted by Gasteiger charge is 2.24. The van der Waals surface area contributed by atoms with Crippen LogP contribution in [0.1, 0.15) is 44.3 Å². The van der Waals surface area contributed by atoms with Gasteiger partial charge in [-0.05, 0) is 52.9 Å². The number of aliphatic carboxylic acids is 1. The number of carbonyl (C=O) groups excluding carboxylic acids is 2. The Labute approximate surface area is 255 Å². The van der Waals surface area contributed by atoms with Gasteiger partial charge in [-0.2, -0.15) is 0 Å². The first-order valence-electron chi connectivity index (χ1n) is 13.9. The molecule has 2 amide bonds. The Kier molecular flexibility index (Phi) is 10.6. The number of rotatable bonds is 13. The van der Waals surface area contributed by atoms with Gasteiger partial charge in [0.15, 0.2) is 0 Å². The van der Waals surface area contributed by atoms with Crippen molar-refractivity contribution in [3.8, 4) is 11.1 Å². The van der Waals surface area contributed by atoms with Crippen LogP contribution in [-0.4, -0.2) is 61.0 Å². The van der Waals surface area contributed by atoms with Crippen LogP contribution in [0.5, 0.6) is 0 Å². The number of nitrogens with zero attached hydrogens (tertiary/aromatic N) is 1. The van der Waals surface area contributed by atoms with Gasteiger partial charge in [-0.25, -0.2) is 13.6 Å². The largest absolute Gasteiger partial charge is 0.481 e. The molecule has 0 saturated carbocycles. The number of carboxylic acids is 1. The summed E-state index contributed by atoms with van der Waals surface area (Å²) < 4.78 is 23.2. The number of primary sulfonamides is 1. The Balaban J connectivity index is 1.62. The molecule has 0 heterocycles. The van der Waals surface area contributed by atoms with Gasteiger partial charge < -0.3 is 20.4 Å². The third-order valence-corrected chi connectivity index (χ3v) is 8.04. The van der Waals surface area contributed by atoms with Crippen molar-refractivity contribution in [1.29, 1.82) is 0 Å². The number of amides is 2. The van der Waals surface area contributed by atoms with Gasteiger partial charge >= 0.3 is 5.97 Å². The number of benzene rings is 4. The summed E-state index contributed by atoms with van der Waals surface area (Å²) in [5.41, 5.74) is 3.04. The van der Waals surface area contributed by atoms with Crippen LogP contribution in [0, 0.1) is 0 Å². The van der Waals surface area contributed by atoms with Gasteiger partial charge in [0.2, 0.25) is 10.0 Å². The molecule has 0 aliphatic carbocycles. The minimum absolute atomic E-state index is 0.0363. The lowest BCUT2D eigenvalue weighted by atomic mass is 9.94. The molecule has 0 aliphatic heterocycles. The van der Waals surface area contributed by atoms with Crippen LogP contribution < -0.4 is 10.5 Å². The summed E-state index contributed by atoms with van der Waals surface area (Å²) in [6.07, 6.45) is 0.0543. The first-order valence-corrected chi connectivity index (χ1v) is 15.4. The van der Waals surface area contributed by atoms with Gasteiger partial charge in [-0.1, -0.05) is 78.9 Å². The second kappa shape index (κ2) is 14.6. The fraction of sp³-hybridized carbons (Fsp3) is 0.182. The molecule has 0 saturated heterocycles. The Morgan fingerprint density at radius 1 is 0.773 bits per heavy atom.